The number of para-hydroxylation sites is 1. The lowest BCUT2D eigenvalue weighted by atomic mass is 9.91. The second-order valence-electron chi connectivity index (χ2n) is 8.04. The van der Waals surface area contributed by atoms with Crippen molar-refractivity contribution in [2.45, 2.75) is 19.0 Å². The Labute approximate surface area is 196 Å². The molecule has 1 unspecified atom stereocenters. The zero-order valence-corrected chi connectivity index (χ0v) is 18.9. The first-order valence-electron chi connectivity index (χ1n) is 10.5. The fraction of sp³-hybridized carbons (Fsp3) is 0.160. The zero-order valence-electron chi connectivity index (χ0n) is 17.4. The van der Waals surface area contributed by atoms with Crippen LogP contribution in [0.5, 0.6) is 0 Å². The normalized spacial score (nSPS) is 16.9. The summed E-state index contributed by atoms with van der Waals surface area (Å²) < 4.78 is 0. The van der Waals surface area contributed by atoms with Gasteiger partial charge in [-0.25, -0.2) is 0 Å². The zero-order chi connectivity index (χ0) is 22.2. The highest BCUT2D eigenvalue weighted by Crippen LogP contribution is 2.42. The number of halogens is 2. The molecule has 0 amide bonds. The number of benzene rings is 3. The van der Waals surface area contributed by atoms with Gasteiger partial charge in [0.1, 0.15) is 5.84 Å². The van der Waals surface area contributed by atoms with Crippen molar-refractivity contribution < 1.29 is 0 Å². The van der Waals surface area contributed by atoms with E-state index in [9.17, 15) is 0 Å². The Bertz CT molecular complexity index is 1310. The van der Waals surface area contributed by atoms with Gasteiger partial charge in [0.05, 0.1) is 16.1 Å². The molecule has 0 bridgehead atoms. The SMILES string of the molecule is N/N=C(\N)c1ccc(CN2CCc3c([nH]c4ccccc34)C2c2cccc(Cl)c2Cl)cc1. The van der Waals surface area contributed by atoms with Crippen LogP contribution in [0.4, 0.5) is 0 Å². The van der Waals surface area contributed by atoms with Crippen LogP contribution in [0, 0.1) is 0 Å². The summed E-state index contributed by atoms with van der Waals surface area (Å²) >= 11 is 13.1. The summed E-state index contributed by atoms with van der Waals surface area (Å²) in [7, 11) is 0. The van der Waals surface area contributed by atoms with E-state index in [-0.39, 0.29) is 6.04 Å². The summed E-state index contributed by atoms with van der Waals surface area (Å²) in [5, 5.41) is 6.00. The van der Waals surface area contributed by atoms with Crippen LogP contribution >= 0.6 is 23.2 Å². The van der Waals surface area contributed by atoms with Crippen molar-refractivity contribution in [3.8, 4) is 0 Å². The fourth-order valence-electron chi connectivity index (χ4n) is 4.63. The summed E-state index contributed by atoms with van der Waals surface area (Å²) in [5.74, 6) is 5.63. The lowest BCUT2D eigenvalue weighted by molar-refractivity contribution is 0.202. The van der Waals surface area contributed by atoms with Crippen LogP contribution in [-0.2, 0) is 13.0 Å². The molecule has 32 heavy (non-hydrogen) atoms. The second-order valence-corrected chi connectivity index (χ2v) is 8.83. The van der Waals surface area contributed by atoms with E-state index >= 15 is 0 Å². The largest absolute Gasteiger partial charge is 0.382 e. The molecule has 0 spiro atoms. The summed E-state index contributed by atoms with van der Waals surface area (Å²) in [5.41, 5.74) is 12.5. The van der Waals surface area contributed by atoms with E-state index in [4.69, 9.17) is 34.8 Å². The number of aromatic nitrogens is 1. The third-order valence-corrected chi connectivity index (χ3v) is 7.02. The molecule has 2 heterocycles. The number of rotatable bonds is 4. The lowest BCUT2D eigenvalue weighted by Gasteiger charge is -2.36. The van der Waals surface area contributed by atoms with Crippen LogP contribution in [0.25, 0.3) is 10.9 Å². The van der Waals surface area contributed by atoms with E-state index in [0.29, 0.717) is 15.9 Å². The molecule has 0 aliphatic carbocycles. The molecule has 1 aliphatic rings. The monoisotopic (exact) mass is 463 g/mol. The first-order valence-corrected chi connectivity index (χ1v) is 11.2. The van der Waals surface area contributed by atoms with Gasteiger partial charge in [-0.15, -0.1) is 0 Å². The van der Waals surface area contributed by atoms with Crippen LogP contribution in [0.15, 0.2) is 71.8 Å². The molecular formula is C25H23Cl2N5. The summed E-state index contributed by atoms with van der Waals surface area (Å²) in [6, 6.07) is 22.3. The van der Waals surface area contributed by atoms with Crippen molar-refractivity contribution in [1.29, 1.82) is 0 Å². The van der Waals surface area contributed by atoms with Crippen LogP contribution in [-0.4, -0.2) is 22.3 Å². The molecule has 4 aromatic rings. The lowest BCUT2D eigenvalue weighted by Crippen LogP contribution is -2.35. The number of H-pyrrole nitrogens is 1. The topological polar surface area (TPSA) is 83.4 Å². The highest BCUT2D eigenvalue weighted by atomic mass is 35.5. The molecule has 7 heteroatoms. The molecule has 0 radical (unpaired) electrons. The van der Waals surface area contributed by atoms with E-state index in [1.807, 2.05) is 24.3 Å². The Morgan fingerprint density at radius 1 is 1.03 bits per heavy atom. The number of nitrogens with two attached hydrogens (primary N) is 2. The Morgan fingerprint density at radius 2 is 1.81 bits per heavy atom. The quantitative estimate of drug-likeness (QED) is 0.168. The summed E-state index contributed by atoms with van der Waals surface area (Å²) in [6.45, 7) is 1.65. The van der Waals surface area contributed by atoms with Gasteiger partial charge in [0.25, 0.3) is 0 Å². The predicted molar refractivity (Wildman–Crippen MR) is 132 cm³/mol. The summed E-state index contributed by atoms with van der Waals surface area (Å²) in [6.07, 6.45) is 0.957. The van der Waals surface area contributed by atoms with Crippen LogP contribution in [0.2, 0.25) is 10.0 Å². The van der Waals surface area contributed by atoms with Gasteiger partial charge < -0.3 is 16.6 Å². The van der Waals surface area contributed by atoms with Crippen LogP contribution in [0.3, 0.4) is 0 Å². The number of aromatic amines is 1. The maximum atomic E-state index is 6.72. The van der Waals surface area contributed by atoms with E-state index in [2.05, 4.69) is 57.4 Å². The van der Waals surface area contributed by atoms with E-state index in [1.54, 1.807) is 0 Å². The molecular weight excluding hydrogens is 441 g/mol. The Balaban J connectivity index is 1.58. The minimum absolute atomic E-state index is 0.0345. The average Bonchev–Trinajstić information content (AvgIpc) is 3.20. The predicted octanol–water partition coefficient (Wildman–Crippen LogP) is 5.20. The molecule has 3 aromatic carbocycles. The van der Waals surface area contributed by atoms with E-state index < -0.39 is 0 Å². The average molecular weight is 464 g/mol. The van der Waals surface area contributed by atoms with Crippen molar-refractivity contribution >= 4 is 39.9 Å². The molecule has 0 saturated heterocycles. The minimum Gasteiger partial charge on any atom is -0.382 e. The van der Waals surface area contributed by atoms with E-state index in [0.717, 1.165) is 36.2 Å². The molecule has 1 aromatic heterocycles. The summed E-state index contributed by atoms with van der Waals surface area (Å²) in [4.78, 5) is 6.10. The fourth-order valence-corrected chi connectivity index (χ4v) is 5.05. The van der Waals surface area contributed by atoms with Crippen molar-refractivity contribution in [2.75, 3.05) is 6.54 Å². The molecule has 1 atom stereocenters. The second kappa shape index (κ2) is 8.51. The highest BCUT2D eigenvalue weighted by Gasteiger charge is 2.33. The molecule has 5 rings (SSSR count). The number of nitrogens with zero attached hydrogens (tertiary/aromatic N) is 2. The van der Waals surface area contributed by atoms with E-state index in [1.165, 1.54) is 22.2 Å². The van der Waals surface area contributed by atoms with Crippen molar-refractivity contribution in [3.05, 3.63) is 105 Å². The number of hydrogen-bond acceptors (Lipinski definition) is 3. The first kappa shape index (κ1) is 20.9. The Hall–Kier alpha value is -2.99. The molecule has 162 valence electrons. The highest BCUT2D eigenvalue weighted by molar-refractivity contribution is 6.42. The van der Waals surface area contributed by atoms with Gasteiger partial charge in [0.2, 0.25) is 0 Å². The smallest absolute Gasteiger partial charge is 0.150 e. The molecule has 5 N–H and O–H groups in total. The van der Waals surface area contributed by atoms with Crippen LogP contribution < -0.4 is 11.6 Å². The van der Waals surface area contributed by atoms with Gasteiger partial charge in [-0.2, -0.15) is 5.10 Å². The van der Waals surface area contributed by atoms with Gasteiger partial charge in [-0.1, -0.05) is 77.8 Å². The third-order valence-electron chi connectivity index (χ3n) is 6.18. The third kappa shape index (κ3) is 3.62. The van der Waals surface area contributed by atoms with Gasteiger partial charge >= 0.3 is 0 Å². The van der Waals surface area contributed by atoms with Gasteiger partial charge in [-0.3, -0.25) is 4.90 Å². The van der Waals surface area contributed by atoms with Crippen molar-refractivity contribution in [2.24, 2.45) is 16.7 Å². The number of amidine groups is 1. The Kier molecular flexibility index (Phi) is 5.55. The molecule has 0 fully saturated rings. The van der Waals surface area contributed by atoms with Crippen LogP contribution in [0.1, 0.15) is 34.0 Å². The maximum absolute atomic E-state index is 6.72. The molecule has 1 aliphatic heterocycles. The number of hydrogen-bond donors (Lipinski definition) is 3. The van der Waals surface area contributed by atoms with Gasteiger partial charge in [0.15, 0.2) is 0 Å². The number of hydrazone groups is 1. The Morgan fingerprint density at radius 3 is 2.59 bits per heavy atom. The van der Waals surface area contributed by atoms with Crippen molar-refractivity contribution in [3.63, 3.8) is 0 Å². The maximum Gasteiger partial charge on any atom is 0.150 e. The number of fused-ring (bicyclic) bond motifs is 3. The van der Waals surface area contributed by atoms with Gasteiger partial charge in [0, 0.05) is 35.2 Å². The van der Waals surface area contributed by atoms with Gasteiger partial charge in [-0.05, 0) is 35.2 Å². The minimum atomic E-state index is -0.0345. The first-order chi connectivity index (χ1) is 15.6. The van der Waals surface area contributed by atoms with Crippen molar-refractivity contribution in [1.82, 2.24) is 9.88 Å². The molecule has 5 nitrogen and oxygen atoms in total. The standard InChI is InChI=1S/C25H23Cl2N5/c26-20-6-3-5-19(22(20)27)24-23-18(17-4-1-2-7-21(17)30-23)12-13-32(24)14-15-8-10-16(11-9-15)25(28)31-29/h1-11,24,30H,12-14,29H2,(H2,28,31). The number of nitrogens with one attached hydrogen (secondary N) is 1. The molecule has 0 saturated carbocycles.